The first kappa shape index (κ1) is 16.9. The maximum absolute atomic E-state index is 5.51. The topological polar surface area (TPSA) is 52.4 Å². The number of likely N-dealkylation sites (tertiary alicyclic amines) is 1. The van der Waals surface area contributed by atoms with Gasteiger partial charge < -0.3 is 14.4 Å². The first-order chi connectivity index (χ1) is 11.7. The van der Waals surface area contributed by atoms with Crippen LogP contribution in [0.15, 0.2) is 24.3 Å². The molecule has 0 saturated carbocycles. The number of piperidine rings is 1. The Kier molecular flexibility index (Phi) is 5.48. The van der Waals surface area contributed by atoms with Crippen molar-refractivity contribution in [2.45, 2.75) is 25.7 Å². The summed E-state index contributed by atoms with van der Waals surface area (Å²) in [7, 11) is 3.44. The van der Waals surface area contributed by atoms with Crippen molar-refractivity contribution >= 4 is 0 Å². The molecule has 1 fully saturated rings. The summed E-state index contributed by atoms with van der Waals surface area (Å²) in [5, 5.41) is 4.63. The third kappa shape index (κ3) is 3.60. The fourth-order valence-electron chi connectivity index (χ4n) is 3.37. The summed E-state index contributed by atoms with van der Waals surface area (Å²) in [5.74, 6) is 3.02. The van der Waals surface area contributed by atoms with Gasteiger partial charge in [0.25, 0.3) is 0 Å². The van der Waals surface area contributed by atoms with Crippen LogP contribution in [0.3, 0.4) is 0 Å². The summed E-state index contributed by atoms with van der Waals surface area (Å²) in [5.41, 5.74) is 0.949. The summed E-state index contributed by atoms with van der Waals surface area (Å²) < 4.78 is 12.7. The number of aromatic nitrogens is 3. The van der Waals surface area contributed by atoms with Gasteiger partial charge in [0.15, 0.2) is 0 Å². The van der Waals surface area contributed by atoms with Gasteiger partial charge in [0.05, 0.1) is 13.7 Å². The molecule has 6 nitrogen and oxygen atoms in total. The lowest BCUT2D eigenvalue weighted by molar-refractivity contribution is 0.126. The molecule has 2 aromatic rings. The van der Waals surface area contributed by atoms with E-state index in [4.69, 9.17) is 14.5 Å². The zero-order valence-electron chi connectivity index (χ0n) is 14.7. The van der Waals surface area contributed by atoms with Gasteiger partial charge in [-0.2, -0.15) is 5.10 Å². The van der Waals surface area contributed by atoms with E-state index in [0.29, 0.717) is 5.92 Å². The Morgan fingerprint density at radius 3 is 2.88 bits per heavy atom. The molecule has 3 rings (SSSR count). The number of hydrogen-bond acceptors (Lipinski definition) is 5. The van der Waals surface area contributed by atoms with Crippen LogP contribution in [0.5, 0.6) is 5.75 Å². The Bertz CT molecular complexity index is 671. The van der Waals surface area contributed by atoms with Crippen LogP contribution >= 0.6 is 0 Å². The zero-order valence-corrected chi connectivity index (χ0v) is 14.7. The van der Waals surface area contributed by atoms with Crippen LogP contribution in [0.1, 0.15) is 30.4 Å². The van der Waals surface area contributed by atoms with Gasteiger partial charge in [-0.1, -0.05) is 12.1 Å². The van der Waals surface area contributed by atoms with Crippen molar-refractivity contribution in [3.63, 3.8) is 0 Å². The van der Waals surface area contributed by atoms with E-state index in [-0.39, 0.29) is 0 Å². The highest BCUT2D eigenvalue weighted by atomic mass is 16.5. The summed E-state index contributed by atoms with van der Waals surface area (Å²) in [4.78, 5) is 7.19. The molecule has 1 aromatic carbocycles. The molecule has 0 unspecified atom stereocenters. The summed E-state index contributed by atoms with van der Waals surface area (Å²) >= 11 is 0. The molecule has 6 heteroatoms. The summed E-state index contributed by atoms with van der Waals surface area (Å²) in [6.45, 7) is 5.80. The number of aryl methyl sites for hydroxylation is 1. The maximum atomic E-state index is 5.51. The van der Waals surface area contributed by atoms with E-state index in [1.165, 1.54) is 6.42 Å². The SMILES string of the molecule is COCCN1CCC[C@@H](c2nc(C)nn2-c2ccccc2OC)C1. The molecule has 0 N–H and O–H groups in total. The number of nitrogens with zero attached hydrogens (tertiary/aromatic N) is 4. The molecule has 1 aliphatic rings. The van der Waals surface area contributed by atoms with Gasteiger partial charge in [-0.25, -0.2) is 9.67 Å². The van der Waals surface area contributed by atoms with Crippen molar-refractivity contribution in [2.24, 2.45) is 0 Å². The van der Waals surface area contributed by atoms with Gasteiger partial charge in [0.1, 0.15) is 23.1 Å². The average Bonchev–Trinajstić information content (AvgIpc) is 3.02. The molecule has 0 bridgehead atoms. The van der Waals surface area contributed by atoms with Crippen LogP contribution in [-0.2, 0) is 4.74 Å². The van der Waals surface area contributed by atoms with Crippen molar-refractivity contribution in [3.8, 4) is 11.4 Å². The molecule has 0 radical (unpaired) electrons. The second-order valence-electron chi connectivity index (χ2n) is 6.23. The Balaban J connectivity index is 1.89. The molecule has 1 atom stereocenters. The smallest absolute Gasteiger partial charge is 0.148 e. The van der Waals surface area contributed by atoms with Crippen LogP contribution in [-0.4, -0.2) is 60.1 Å². The second-order valence-corrected chi connectivity index (χ2v) is 6.23. The minimum atomic E-state index is 0.377. The molecule has 0 spiro atoms. The third-order valence-corrected chi connectivity index (χ3v) is 4.53. The van der Waals surface area contributed by atoms with Crippen molar-refractivity contribution in [1.82, 2.24) is 19.7 Å². The highest BCUT2D eigenvalue weighted by Crippen LogP contribution is 2.30. The number of hydrogen-bond donors (Lipinski definition) is 0. The molecule has 130 valence electrons. The van der Waals surface area contributed by atoms with Crippen LogP contribution in [0.25, 0.3) is 5.69 Å². The first-order valence-corrected chi connectivity index (χ1v) is 8.51. The van der Waals surface area contributed by atoms with E-state index >= 15 is 0 Å². The number of rotatable bonds is 6. The van der Waals surface area contributed by atoms with Gasteiger partial charge in [-0.05, 0) is 38.4 Å². The van der Waals surface area contributed by atoms with Crippen LogP contribution in [0.2, 0.25) is 0 Å². The van der Waals surface area contributed by atoms with E-state index in [9.17, 15) is 0 Å². The molecule has 2 heterocycles. The minimum Gasteiger partial charge on any atom is -0.494 e. The third-order valence-electron chi connectivity index (χ3n) is 4.53. The summed E-state index contributed by atoms with van der Waals surface area (Å²) in [6.07, 6.45) is 2.31. The predicted octanol–water partition coefficient (Wildman–Crippen LogP) is 2.41. The fraction of sp³-hybridized carbons (Fsp3) is 0.556. The number of para-hydroxylation sites is 2. The molecule has 1 aromatic heterocycles. The Labute approximate surface area is 143 Å². The van der Waals surface area contributed by atoms with Gasteiger partial charge in [0, 0.05) is 26.1 Å². The molecule has 0 aliphatic carbocycles. The predicted molar refractivity (Wildman–Crippen MR) is 92.9 cm³/mol. The first-order valence-electron chi connectivity index (χ1n) is 8.51. The highest BCUT2D eigenvalue weighted by Gasteiger charge is 2.27. The lowest BCUT2D eigenvalue weighted by Crippen LogP contribution is -2.37. The number of benzene rings is 1. The Morgan fingerprint density at radius 2 is 2.08 bits per heavy atom. The molecule has 24 heavy (non-hydrogen) atoms. The van der Waals surface area contributed by atoms with Gasteiger partial charge in [-0.3, -0.25) is 0 Å². The maximum Gasteiger partial charge on any atom is 0.148 e. The molecular weight excluding hydrogens is 304 g/mol. The van der Waals surface area contributed by atoms with Crippen LogP contribution < -0.4 is 4.74 Å². The molecule has 0 amide bonds. The fourth-order valence-corrected chi connectivity index (χ4v) is 3.37. The van der Waals surface area contributed by atoms with Crippen molar-refractivity contribution in [2.75, 3.05) is 40.5 Å². The van der Waals surface area contributed by atoms with E-state index < -0.39 is 0 Å². The highest BCUT2D eigenvalue weighted by molar-refractivity contribution is 5.46. The summed E-state index contributed by atoms with van der Waals surface area (Å²) in [6, 6.07) is 7.97. The van der Waals surface area contributed by atoms with E-state index in [1.54, 1.807) is 14.2 Å². The quantitative estimate of drug-likeness (QED) is 0.814. The molecule has 1 aliphatic heterocycles. The largest absolute Gasteiger partial charge is 0.494 e. The van der Waals surface area contributed by atoms with E-state index in [0.717, 1.165) is 55.7 Å². The van der Waals surface area contributed by atoms with E-state index in [2.05, 4.69) is 10.00 Å². The van der Waals surface area contributed by atoms with Crippen LogP contribution in [0, 0.1) is 6.92 Å². The molecule has 1 saturated heterocycles. The van der Waals surface area contributed by atoms with Gasteiger partial charge >= 0.3 is 0 Å². The van der Waals surface area contributed by atoms with Crippen LogP contribution in [0.4, 0.5) is 0 Å². The van der Waals surface area contributed by atoms with Gasteiger partial charge in [-0.15, -0.1) is 0 Å². The number of methoxy groups -OCH3 is 2. The number of ether oxygens (including phenoxy) is 2. The van der Waals surface area contributed by atoms with Crippen molar-refractivity contribution in [3.05, 3.63) is 35.9 Å². The lowest BCUT2D eigenvalue weighted by atomic mass is 9.97. The Hall–Kier alpha value is -1.92. The van der Waals surface area contributed by atoms with Crippen molar-refractivity contribution < 1.29 is 9.47 Å². The second kappa shape index (κ2) is 7.77. The monoisotopic (exact) mass is 330 g/mol. The standard InChI is InChI=1S/C18H26N4O2/c1-14-19-18(15-7-6-10-21(13-15)11-12-23-2)22(20-14)16-8-4-5-9-17(16)24-3/h4-5,8-9,15H,6-7,10-13H2,1-3H3/t15-/m1/s1. The average molecular weight is 330 g/mol. The Morgan fingerprint density at radius 1 is 1.25 bits per heavy atom. The molecular formula is C18H26N4O2. The van der Waals surface area contributed by atoms with Crippen molar-refractivity contribution in [1.29, 1.82) is 0 Å². The minimum absolute atomic E-state index is 0.377. The zero-order chi connectivity index (χ0) is 16.9. The van der Waals surface area contributed by atoms with Gasteiger partial charge in [0.2, 0.25) is 0 Å². The lowest BCUT2D eigenvalue weighted by Gasteiger charge is -2.32. The van der Waals surface area contributed by atoms with E-state index in [1.807, 2.05) is 35.9 Å². The normalized spacial score (nSPS) is 18.7.